The molecule has 2 heterocycles. The maximum Gasteiger partial charge on any atom is 0.274 e. The van der Waals surface area contributed by atoms with Gasteiger partial charge < -0.3 is 15.5 Å². The second-order valence-electron chi connectivity index (χ2n) is 6.50. The highest BCUT2D eigenvalue weighted by molar-refractivity contribution is 6.05. The van der Waals surface area contributed by atoms with E-state index >= 15 is 0 Å². The van der Waals surface area contributed by atoms with E-state index in [4.69, 9.17) is 0 Å². The summed E-state index contributed by atoms with van der Waals surface area (Å²) in [5.74, 6) is -0.675. The smallest absolute Gasteiger partial charge is 0.274 e. The van der Waals surface area contributed by atoms with Gasteiger partial charge in [0.1, 0.15) is 5.69 Å². The van der Waals surface area contributed by atoms with Crippen molar-refractivity contribution in [2.75, 3.05) is 23.7 Å². The SMILES string of the molecule is CC(=O)Nc1cccc(NC(=O)c2cc(C(=O)N3CCCCC3)ccn2)c1. The lowest BCUT2D eigenvalue weighted by Crippen LogP contribution is -2.35. The normalized spacial score (nSPS) is 13.7. The first kappa shape index (κ1) is 18.6. The summed E-state index contributed by atoms with van der Waals surface area (Å²) in [5, 5.41) is 5.40. The molecule has 0 unspecified atom stereocenters. The summed E-state index contributed by atoms with van der Waals surface area (Å²) in [5.41, 5.74) is 1.75. The Bertz CT molecular complexity index is 860. The summed E-state index contributed by atoms with van der Waals surface area (Å²) in [7, 11) is 0. The van der Waals surface area contributed by atoms with Gasteiger partial charge in [0.25, 0.3) is 11.8 Å². The van der Waals surface area contributed by atoms with Crippen LogP contribution in [-0.4, -0.2) is 40.7 Å². The number of benzene rings is 1. The molecule has 2 aromatic rings. The minimum absolute atomic E-state index is 0.0706. The molecule has 0 radical (unpaired) electrons. The number of hydrogen-bond donors (Lipinski definition) is 2. The Morgan fingerprint density at radius 2 is 1.67 bits per heavy atom. The van der Waals surface area contributed by atoms with E-state index in [1.54, 1.807) is 30.3 Å². The van der Waals surface area contributed by atoms with Gasteiger partial charge in [-0.1, -0.05) is 6.07 Å². The van der Waals surface area contributed by atoms with Crippen LogP contribution in [0.4, 0.5) is 11.4 Å². The molecule has 0 atom stereocenters. The molecule has 1 fully saturated rings. The van der Waals surface area contributed by atoms with E-state index < -0.39 is 5.91 Å². The Balaban J connectivity index is 1.72. The number of pyridine rings is 1. The fourth-order valence-corrected chi connectivity index (χ4v) is 3.04. The zero-order chi connectivity index (χ0) is 19.2. The van der Waals surface area contributed by atoms with Crippen molar-refractivity contribution in [1.82, 2.24) is 9.88 Å². The summed E-state index contributed by atoms with van der Waals surface area (Å²) in [6, 6.07) is 9.97. The highest BCUT2D eigenvalue weighted by atomic mass is 16.2. The number of nitrogens with zero attached hydrogens (tertiary/aromatic N) is 2. The van der Waals surface area contributed by atoms with Crippen LogP contribution in [0.5, 0.6) is 0 Å². The molecular weight excluding hydrogens is 344 g/mol. The first-order chi connectivity index (χ1) is 13.0. The van der Waals surface area contributed by atoms with Gasteiger partial charge in [0, 0.05) is 43.1 Å². The molecule has 3 rings (SSSR count). The fraction of sp³-hybridized carbons (Fsp3) is 0.300. The Morgan fingerprint density at radius 1 is 0.963 bits per heavy atom. The number of carbonyl (C=O) groups excluding carboxylic acids is 3. The molecule has 7 nitrogen and oxygen atoms in total. The number of anilines is 2. The monoisotopic (exact) mass is 366 g/mol. The highest BCUT2D eigenvalue weighted by Crippen LogP contribution is 2.17. The Hall–Kier alpha value is -3.22. The van der Waals surface area contributed by atoms with Gasteiger partial charge in [-0.25, -0.2) is 0 Å². The van der Waals surface area contributed by atoms with Crippen LogP contribution in [0.15, 0.2) is 42.6 Å². The Labute approximate surface area is 157 Å². The minimum atomic E-state index is -0.414. The van der Waals surface area contributed by atoms with Crippen molar-refractivity contribution in [3.63, 3.8) is 0 Å². The van der Waals surface area contributed by atoms with E-state index in [0.29, 0.717) is 16.9 Å². The molecule has 1 aromatic carbocycles. The van der Waals surface area contributed by atoms with Crippen LogP contribution in [0.25, 0.3) is 0 Å². The predicted molar refractivity (Wildman–Crippen MR) is 103 cm³/mol. The van der Waals surface area contributed by atoms with Crippen molar-refractivity contribution >= 4 is 29.1 Å². The highest BCUT2D eigenvalue weighted by Gasteiger charge is 2.19. The number of piperidine rings is 1. The van der Waals surface area contributed by atoms with E-state index in [1.807, 2.05) is 4.90 Å². The lowest BCUT2D eigenvalue weighted by Gasteiger charge is -2.26. The first-order valence-corrected chi connectivity index (χ1v) is 8.97. The van der Waals surface area contributed by atoms with E-state index in [-0.39, 0.29) is 17.5 Å². The molecule has 0 aliphatic carbocycles. The predicted octanol–water partition coefficient (Wildman–Crippen LogP) is 2.92. The largest absolute Gasteiger partial charge is 0.339 e. The molecule has 1 aromatic heterocycles. The number of amides is 3. The molecular formula is C20H22N4O3. The summed E-state index contributed by atoms with van der Waals surface area (Å²) < 4.78 is 0. The zero-order valence-electron chi connectivity index (χ0n) is 15.2. The molecule has 27 heavy (non-hydrogen) atoms. The molecule has 0 saturated carbocycles. The average Bonchev–Trinajstić information content (AvgIpc) is 2.68. The molecule has 1 saturated heterocycles. The van der Waals surface area contributed by atoms with Crippen molar-refractivity contribution in [3.8, 4) is 0 Å². The summed E-state index contributed by atoms with van der Waals surface area (Å²) in [4.78, 5) is 42.2. The van der Waals surface area contributed by atoms with Gasteiger partial charge in [-0.2, -0.15) is 0 Å². The van der Waals surface area contributed by atoms with Crippen LogP contribution in [0.2, 0.25) is 0 Å². The second kappa shape index (κ2) is 8.44. The van der Waals surface area contributed by atoms with Crippen LogP contribution in [-0.2, 0) is 4.79 Å². The van der Waals surface area contributed by atoms with Gasteiger partial charge in [-0.15, -0.1) is 0 Å². The summed E-state index contributed by atoms with van der Waals surface area (Å²) in [6.07, 6.45) is 4.63. The van der Waals surface area contributed by atoms with Gasteiger partial charge in [0.05, 0.1) is 0 Å². The van der Waals surface area contributed by atoms with Gasteiger partial charge in [0.15, 0.2) is 0 Å². The van der Waals surface area contributed by atoms with E-state index in [2.05, 4.69) is 15.6 Å². The van der Waals surface area contributed by atoms with Crippen molar-refractivity contribution < 1.29 is 14.4 Å². The number of nitrogens with one attached hydrogen (secondary N) is 2. The Kier molecular flexibility index (Phi) is 5.80. The molecule has 140 valence electrons. The maximum atomic E-state index is 12.6. The van der Waals surface area contributed by atoms with E-state index in [9.17, 15) is 14.4 Å². The second-order valence-corrected chi connectivity index (χ2v) is 6.50. The fourth-order valence-electron chi connectivity index (χ4n) is 3.04. The summed E-state index contributed by atoms with van der Waals surface area (Å²) >= 11 is 0. The van der Waals surface area contributed by atoms with Crippen molar-refractivity contribution in [1.29, 1.82) is 0 Å². The third-order valence-corrected chi connectivity index (χ3v) is 4.32. The quantitative estimate of drug-likeness (QED) is 0.870. The Morgan fingerprint density at radius 3 is 2.37 bits per heavy atom. The van der Waals surface area contributed by atoms with Gasteiger partial charge in [-0.3, -0.25) is 19.4 Å². The van der Waals surface area contributed by atoms with Gasteiger partial charge >= 0.3 is 0 Å². The molecule has 1 aliphatic heterocycles. The van der Waals surface area contributed by atoms with Crippen molar-refractivity contribution in [2.24, 2.45) is 0 Å². The van der Waals surface area contributed by atoms with Crippen LogP contribution in [0.1, 0.15) is 47.0 Å². The molecule has 0 spiro atoms. The number of aromatic nitrogens is 1. The average molecular weight is 366 g/mol. The first-order valence-electron chi connectivity index (χ1n) is 8.97. The van der Waals surface area contributed by atoms with Crippen LogP contribution < -0.4 is 10.6 Å². The number of likely N-dealkylation sites (tertiary alicyclic amines) is 1. The number of rotatable bonds is 4. The molecule has 0 bridgehead atoms. The standard InChI is InChI=1S/C20H22N4O3/c1-14(25)22-16-6-5-7-17(13-16)23-19(26)18-12-15(8-9-21-18)20(27)24-10-3-2-4-11-24/h5-9,12-13H,2-4,10-11H2,1H3,(H,22,25)(H,23,26). The third kappa shape index (κ3) is 4.91. The maximum absolute atomic E-state index is 12.6. The van der Waals surface area contributed by atoms with Crippen molar-refractivity contribution in [3.05, 3.63) is 53.9 Å². The van der Waals surface area contributed by atoms with Crippen LogP contribution in [0, 0.1) is 0 Å². The topological polar surface area (TPSA) is 91.4 Å². The summed E-state index contributed by atoms with van der Waals surface area (Å²) in [6.45, 7) is 2.91. The molecule has 7 heteroatoms. The minimum Gasteiger partial charge on any atom is -0.339 e. The van der Waals surface area contributed by atoms with Crippen molar-refractivity contribution in [2.45, 2.75) is 26.2 Å². The molecule has 3 amide bonds. The van der Waals surface area contributed by atoms with Gasteiger partial charge in [0.2, 0.25) is 5.91 Å². The number of hydrogen-bond acceptors (Lipinski definition) is 4. The lowest BCUT2D eigenvalue weighted by molar-refractivity contribution is -0.114. The zero-order valence-corrected chi connectivity index (χ0v) is 15.2. The van der Waals surface area contributed by atoms with E-state index in [1.165, 1.54) is 19.2 Å². The molecule has 1 aliphatic rings. The van der Waals surface area contributed by atoms with Crippen LogP contribution >= 0.6 is 0 Å². The molecule has 2 N–H and O–H groups in total. The third-order valence-electron chi connectivity index (χ3n) is 4.32. The lowest BCUT2D eigenvalue weighted by atomic mass is 10.1. The van der Waals surface area contributed by atoms with Crippen LogP contribution in [0.3, 0.4) is 0 Å². The van der Waals surface area contributed by atoms with Gasteiger partial charge in [-0.05, 0) is 49.6 Å². The number of carbonyl (C=O) groups is 3. The van der Waals surface area contributed by atoms with E-state index in [0.717, 1.165) is 32.4 Å².